The summed E-state index contributed by atoms with van der Waals surface area (Å²) in [6.07, 6.45) is 5.81. The van der Waals surface area contributed by atoms with Crippen molar-refractivity contribution in [2.75, 3.05) is 13.7 Å². The van der Waals surface area contributed by atoms with E-state index in [0.717, 1.165) is 12.3 Å². The third-order valence-corrected chi connectivity index (χ3v) is 5.95. The Hall–Kier alpha value is -1.87. The number of rotatable bonds is 3. The molecule has 2 heterocycles. The lowest BCUT2D eigenvalue weighted by atomic mass is 9.68. The van der Waals surface area contributed by atoms with Crippen LogP contribution in [0.5, 0.6) is 5.75 Å². The molecule has 1 N–H and O–H groups in total. The normalized spacial score (nSPS) is 27.0. The van der Waals surface area contributed by atoms with Crippen LogP contribution in [-0.4, -0.2) is 18.6 Å². The van der Waals surface area contributed by atoms with Crippen LogP contribution >= 0.6 is 0 Å². The van der Waals surface area contributed by atoms with Gasteiger partial charge in [-0.3, -0.25) is 4.98 Å². The lowest BCUT2D eigenvalue weighted by Crippen LogP contribution is -2.39. The molecule has 3 nitrogen and oxygen atoms in total. The molecule has 1 aromatic carbocycles. The van der Waals surface area contributed by atoms with Crippen molar-refractivity contribution in [3.8, 4) is 5.75 Å². The monoisotopic (exact) mass is 322 g/mol. The number of piperidine rings is 1. The second kappa shape index (κ2) is 6.56. The second-order valence-electron chi connectivity index (χ2n) is 7.22. The van der Waals surface area contributed by atoms with Crippen molar-refractivity contribution < 1.29 is 4.74 Å². The summed E-state index contributed by atoms with van der Waals surface area (Å²) in [6.45, 7) is 3.48. The van der Waals surface area contributed by atoms with Crippen molar-refractivity contribution in [3.63, 3.8) is 0 Å². The number of fused-ring (bicyclic) bond motifs is 3. The molecule has 126 valence electrons. The van der Waals surface area contributed by atoms with E-state index >= 15 is 0 Å². The van der Waals surface area contributed by atoms with E-state index in [2.05, 4.69) is 48.6 Å². The van der Waals surface area contributed by atoms with Gasteiger partial charge in [-0.2, -0.15) is 0 Å². The molecule has 2 aromatic rings. The Bertz CT molecular complexity index is 697. The van der Waals surface area contributed by atoms with Crippen LogP contribution in [0.4, 0.5) is 0 Å². The number of hydrogen-bond acceptors (Lipinski definition) is 3. The third-order valence-electron chi connectivity index (χ3n) is 5.95. The topological polar surface area (TPSA) is 34.1 Å². The fraction of sp³-hybridized carbons (Fsp3) is 0.476. The van der Waals surface area contributed by atoms with Gasteiger partial charge >= 0.3 is 0 Å². The molecule has 3 unspecified atom stereocenters. The average Bonchev–Trinajstić information content (AvgIpc) is 2.67. The number of nitrogens with one attached hydrogen (secondary N) is 1. The number of nitrogens with zero attached hydrogens (tertiary/aromatic N) is 1. The zero-order valence-electron chi connectivity index (χ0n) is 14.5. The molecule has 4 atom stereocenters. The lowest BCUT2D eigenvalue weighted by molar-refractivity contribution is 0.221. The number of pyridine rings is 1. The highest BCUT2D eigenvalue weighted by Crippen LogP contribution is 2.48. The predicted molar refractivity (Wildman–Crippen MR) is 96.5 cm³/mol. The number of hydrogen-bond donors (Lipinski definition) is 1. The first-order chi connectivity index (χ1) is 11.8. The van der Waals surface area contributed by atoms with Gasteiger partial charge in [0.1, 0.15) is 5.75 Å². The van der Waals surface area contributed by atoms with E-state index in [0.29, 0.717) is 23.8 Å². The van der Waals surface area contributed by atoms with E-state index in [-0.39, 0.29) is 0 Å². The second-order valence-corrected chi connectivity index (χ2v) is 7.22. The summed E-state index contributed by atoms with van der Waals surface area (Å²) in [5.74, 6) is 2.67. The Morgan fingerprint density at radius 2 is 2.04 bits per heavy atom. The highest BCUT2D eigenvalue weighted by molar-refractivity contribution is 5.37. The van der Waals surface area contributed by atoms with E-state index < -0.39 is 0 Å². The van der Waals surface area contributed by atoms with Gasteiger partial charge in [-0.25, -0.2) is 0 Å². The smallest absolute Gasteiger partial charge is 0.118 e. The molecule has 0 spiro atoms. The summed E-state index contributed by atoms with van der Waals surface area (Å²) >= 11 is 0. The number of methoxy groups -OCH3 is 1. The molecule has 1 aromatic heterocycles. The van der Waals surface area contributed by atoms with E-state index in [9.17, 15) is 0 Å². The van der Waals surface area contributed by atoms with Crippen LogP contribution in [0.15, 0.2) is 42.6 Å². The first-order valence-electron chi connectivity index (χ1n) is 9.10. The third kappa shape index (κ3) is 2.71. The Morgan fingerprint density at radius 1 is 1.21 bits per heavy atom. The number of benzene rings is 1. The Balaban J connectivity index is 1.68. The largest absolute Gasteiger partial charge is 0.497 e. The first-order valence-corrected chi connectivity index (χ1v) is 9.10. The van der Waals surface area contributed by atoms with Crippen LogP contribution in [0.2, 0.25) is 0 Å². The predicted octanol–water partition coefficient (Wildman–Crippen LogP) is 4.42. The molecule has 3 heteroatoms. The Kier molecular flexibility index (Phi) is 4.28. The first kappa shape index (κ1) is 15.6. The highest BCUT2D eigenvalue weighted by Gasteiger charge is 2.39. The zero-order chi connectivity index (χ0) is 16.5. The quantitative estimate of drug-likeness (QED) is 0.908. The van der Waals surface area contributed by atoms with Gasteiger partial charge in [0.15, 0.2) is 0 Å². The fourth-order valence-electron chi connectivity index (χ4n) is 4.60. The number of aromatic nitrogens is 1. The SMILES string of the molecule is COc1ccc([C@H](C)C2CC3CCCNC3c3ncccc32)cc1. The molecule has 4 rings (SSSR count). The Labute approximate surface area is 144 Å². The maximum atomic E-state index is 5.30. The van der Waals surface area contributed by atoms with Crippen molar-refractivity contribution in [3.05, 3.63) is 59.4 Å². The molecular formula is C21H26N2O. The maximum absolute atomic E-state index is 5.30. The van der Waals surface area contributed by atoms with E-state index in [1.54, 1.807) is 7.11 Å². The summed E-state index contributed by atoms with van der Waals surface area (Å²) in [6, 6.07) is 13.4. The average molecular weight is 322 g/mol. The van der Waals surface area contributed by atoms with E-state index in [4.69, 9.17) is 9.72 Å². The van der Waals surface area contributed by atoms with Gasteiger partial charge in [-0.1, -0.05) is 25.1 Å². The molecule has 0 amide bonds. The van der Waals surface area contributed by atoms with Gasteiger partial charge in [0.05, 0.1) is 18.8 Å². The Morgan fingerprint density at radius 3 is 2.83 bits per heavy atom. The summed E-state index contributed by atoms with van der Waals surface area (Å²) in [5.41, 5.74) is 4.12. The van der Waals surface area contributed by atoms with Crippen LogP contribution < -0.4 is 10.1 Å². The van der Waals surface area contributed by atoms with E-state index in [1.807, 2.05) is 6.20 Å². The molecule has 1 fully saturated rings. The zero-order valence-corrected chi connectivity index (χ0v) is 14.5. The molecule has 1 aliphatic carbocycles. The van der Waals surface area contributed by atoms with E-state index in [1.165, 1.54) is 36.1 Å². The van der Waals surface area contributed by atoms with Crippen molar-refractivity contribution in [1.82, 2.24) is 10.3 Å². The van der Waals surface area contributed by atoms with Gasteiger partial charge in [-0.15, -0.1) is 0 Å². The van der Waals surface area contributed by atoms with Crippen LogP contribution in [0.25, 0.3) is 0 Å². The number of ether oxygens (including phenoxy) is 1. The van der Waals surface area contributed by atoms with Crippen molar-refractivity contribution >= 4 is 0 Å². The van der Waals surface area contributed by atoms with Crippen molar-refractivity contribution in [1.29, 1.82) is 0 Å². The van der Waals surface area contributed by atoms with Crippen molar-refractivity contribution in [2.24, 2.45) is 5.92 Å². The molecule has 0 radical (unpaired) electrons. The molecule has 24 heavy (non-hydrogen) atoms. The van der Waals surface area contributed by atoms with Gasteiger partial charge in [0.25, 0.3) is 0 Å². The standard InChI is InChI=1S/C21H26N2O/c1-14(15-7-9-17(24-2)10-8-15)19-13-16-5-3-11-22-20(16)21-18(19)6-4-12-23-21/h4,6-10,12,14,16,19-20,22H,3,5,11,13H2,1-2H3/t14-,16?,19?,20?/m0/s1. The minimum absolute atomic E-state index is 0.453. The molecule has 1 aliphatic heterocycles. The summed E-state index contributed by atoms with van der Waals surface area (Å²) < 4.78 is 5.30. The minimum atomic E-state index is 0.453. The van der Waals surface area contributed by atoms with Crippen molar-refractivity contribution in [2.45, 2.75) is 44.1 Å². The molecule has 2 aliphatic rings. The van der Waals surface area contributed by atoms with Gasteiger partial charge in [-0.05, 0) is 72.9 Å². The van der Waals surface area contributed by atoms with Crippen LogP contribution in [0, 0.1) is 5.92 Å². The molecule has 0 bridgehead atoms. The fourth-order valence-corrected chi connectivity index (χ4v) is 4.60. The van der Waals surface area contributed by atoms with Gasteiger partial charge in [0, 0.05) is 6.20 Å². The summed E-state index contributed by atoms with van der Waals surface area (Å²) in [5, 5.41) is 3.71. The maximum Gasteiger partial charge on any atom is 0.118 e. The summed E-state index contributed by atoms with van der Waals surface area (Å²) in [7, 11) is 1.72. The van der Waals surface area contributed by atoms with Gasteiger partial charge < -0.3 is 10.1 Å². The molecule has 1 saturated heterocycles. The van der Waals surface area contributed by atoms with Crippen LogP contribution in [-0.2, 0) is 0 Å². The molecule has 0 saturated carbocycles. The molecular weight excluding hydrogens is 296 g/mol. The summed E-state index contributed by atoms with van der Waals surface area (Å²) in [4.78, 5) is 4.77. The lowest BCUT2D eigenvalue weighted by Gasteiger charge is -2.42. The highest BCUT2D eigenvalue weighted by atomic mass is 16.5. The van der Waals surface area contributed by atoms with Crippen LogP contribution in [0.3, 0.4) is 0 Å². The van der Waals surface area contributed by atoms with Gasteiger partial charge in [0.2, 0.25) is 0 Å². The minimum Gasteiger partial charge on any atom is -0.497 e. The van der Waals surface area contributed by atoms with Crippen LogP contribution in [0.1, 0.15) is 60.9 Å².